The second kappa shape index (κ2) is 3.93. The van der Waals surface area contributed by atoms with Gasteiger partial charge in [0, 0.05) is 16.6 Å². The minimum Gasteiger partial charge on any atom is -0.271 e. The van der Waals surface area contributed by atoms with Gasteiger partial charge in [0.25, 0.3) is 0 Å². The lowest BCUT2D eigenvalue weighted by atomic mass is 10.2. The lowest BCUT2D eigenvalue weighted by molar-refractivity contribution is 0.741. The summed E-state index contributed by atoms with van der Waals surface area (Å²) in [4.78, 5) is 0. The molecule has 1 rings (SSSR count). The normalized spacial score (nSPS) is 10.1. The van der Waals surface area contributed by atoms with E-state index in [1.165, 1.54) is 0 Å². The molecular weight excluding hydrogens is 183 g/mol. The maximum atomic E-state index is 5.82. The Morgan fingerprint density at radius 2 is 2.09 bits per heavy atom. The molecule has 0 radical (unpaired) electrons. The molecule has 4 heteroatoms. The van der Waals surface area contributed by atoms with Gasteiger partial charge in [-0.15, -0.1) is 0 Å². The molecule has 0 spiro atoms. The van der Waals surface area contributed by atoms with Crippen LogP contribution in [0.25, 0.3) is 0 Å². The average Bonchev–Trinajstić information content (AvgIpc) is 1.98. The van der Waals surface area contributed by atoms with Crippen molar-refractivity contribution in [3.05, 3.63) is 33.8 Å². The van der Waals surface area contributed by atoms with Crippen molar-refractivity contribution in [1.82, 2.24) is 5.43 Å². The Bertz CT molecular complexity index is 250. The zero-order chi connectivity index (χ0) is 8.27. The summed E-state index contributed by atoms with van der Waals surface area (Å²) in [5, 5.41) is 1.34. The van der Waals surface area contributed by atoms with Crippen molar-refractivity contribution in [1.29, 1.82) is 0 Å². The molecule has 1 aromatic rings. The van der Waals surface area contributed by atoms with Crippen LogP contribution in [-0.4, -0.2) is 0 Å². The number of hydrogen-bond donors (Lipinski definition) is 2. The standard InChI is InChI=1S/C7H8Cl2N2/c8-6-1-2-7(9)5(3-6)4-11-10/h1-3,11H,4,10H2. The SMILES string of the molecule is NNCc1cc(Cl)ccc1Cl. The molecule has 1 aromatic carbocycles. The van der Waals surface area contributed by atoms with Gasteiger partial charge in [0.2, 0.25) is 0 Å². The van der Waals surface area contributed by atoms with Gasteiger partial charge in [0.1, 0.15) is 0 Å². The summed E-state index contributed by atoms with van der Waals surface area (Å²) in [6, 6.07) is 5.27. The highest BCUT2D eigenvalue weighted by molar-refractivity contribution is 6.33. The van der Waals surface area contributed by atoms with Gasteiger partial charge in [0.15, 0.2) is 0 Å². The van der Waals surface area contributed by atoms with E-state index in [2.05, 4.69) is 5.43 Å². The summed E-state index contributed by atoms with van der Waals surface area (Å²) < 4.78 is 0. The van der Waals surface area contributed by atoms with Crippen LogP contribution >= 0.6 is 23.2 Å². The number of rotatable bonds is 2. The molecule has 0 aliphatic heterocycles. The predicted octanol–water partition coefficient (Wildman–Crippen LogP) is 1.96. The molecule has 0 aliphatic rings. The molecule has 0 aliphatic carbocycles. The van der Waals surface area contributed by atoms with Gasteiger partial charge in [0.05, 0.1) is 0 Å². The van der Waals surface area contributed by atoms with Crippen LogP contribution in [0.2, 0.25) is 10.0 Å². The fourth-order valence-corrected chi connectivity index (χ4v) is 1.17. The number of nitrogens with two attached hydrogens (primary N) is 1. The second-order valence-corrected chi connectivity index (χ2v) is 2.96. The quantitative estimate of drug-likeness (QED) is 0.553. The molecule has 0 bridgehead atoms. The van der Waals surface area contributed by atoms with E-state index in [0.717, 1.165) is 5.56 Å². The Morgan fingerprint density at radius 1 is 1.36 bits per heavy atom. The van der Waals surface area contributed by atoms with Gasteiger partial charge in [-0.3, -0.25) is 11.3 Å². The third-order valence-electron chi connectivity index (χ3n) is 1.30. The van der Waals surface area contributed by atoms with Gasteiger partial charge >= 0.3 is 0 Å². The number of benzene rings is 1. The molecule has 0 saturated carbocycles. The zero-order valence-corrected chi connectivity index (χ0v) is 7.28. The molecule has 2 nitrogen and oxygen atoms in total. The molecule has 0 aromatic heterocycles. The van der Waals surface area contributed by atoms with Crippen LogP contribution in [0, 0.1) is 0 Å². The van der Waals surface area contributed by atoms with Crippen LogP contribution in [-0.2, 0) is 6.54 Å². The summed E-state index contributed by atoms with van der Waals surface area (Å²) in [5.41, 5.74) is 3.41. The Hall–Kier alpha value is -0.280. The molecule has 0 saturated heterocycles. The largest absolute Gasteiger partial charge is 0.271 e. The van der Waals surface area contributed by atoms with Gasteiger partial charge in [-0.25, -0.2) is 0 Å². The van der Waals surface area contributed by atoms with E-state index in [0.29, 0.717) is 16.6 Å². The van der Waals surface area contributed by atoms with Crippen LogP contribution in [0.5, 0.6) is 0 Å². The molecule has 60 valence electrons. The summed E-state index contributed by atoms with van der Waals surface area (Å²) in [6.45, 7) is 0.527. The van der Waals surface area contributed by atoms with Crippen molar-refractivity contribution in [2.45, 2.75) is 6.54 Å². The number of hydrazine groups is 1. The molecule has 0 heterocycles. The molecule has 0 fully saturated rings. The summed E-state index contributed by atoms with van der Waals surface area (Å²) in [5.74, 6) is 5.13. The molecule has 11 heavy (non-hydrogen) atoms. The van der Waals surface area contributed by atoms with E-state index < -0.39 is 0 Å². The molecule has 0 unspecified atom stereocenters. The van der Waals surface area contributed by atoms with Gasteiger partial charge in [-0.05, 0) is 23.8 Å². The van der Waals surface area contributed by atoms with Gasteiger partial charge in [-0.2, -0.15) is 0 Å². The zero-order valence-electron chi connectivity index (χ0n) is 5.77. The third-order valence-corrected chi connectivity index (χ3v) is 1.90. The minimum absolute atomic E-state index is 0.527. The third kappa shape index (κ3) is 2.34. The van der Waals surface area contributed by atoms with Crippen LogP contribution < -0.4 is 11.3 Å². The topological polar surface area (TPSA) is 38.0 Å². The fraction of sp³-hybridized carbons (Fsp3) is 0.143. The first-order valence-electron chi connectivity index (χ1n) is 3.11. The smallest absolute Gasteiger partial charge is 0.0452 e. The molecular formula is C7H8Cl2N2. The van der Waals surface area contributed by atoms with E-state index in [1.54, 1.807) is 18.2 Å². The maximum Gasteiger partial charge on any atom is 0.0452 e. The first-order chi connectivity index (χ1) is 5.24. The summed E-state index contributed by atoms with van der Waals surface area (Å²) >= 11 is 11.5. The lowest BCUT2D eigenvalue weighted by Crippen LogP contribution is -2.20. The molecule has 3 N–H and O–H groups in total. The number of halogens is 2. The molecule has 0 atom stereocenters. The lowest BCUT2D eigenvalue weighted by Gasteiger charge is -2.02. The number of hydrogen-bond acceptors (Lipinski definition) is 2. The Labute approximate surface area is 75.3 Å². The Kier molecular flexibility index (Phi) is 3.15. The fourth-order valence-electron chi connectivity index (χ4n) is 0.789. The highest BCUT2D eigenvalue weighted by atomic mass is 35.5. The summed E-state index contributed by atoms with van der Waals surface area (Å²) in [6.07, 6.45) is 0. The highest BCUT2D eigenvalue weighted by Crippen LogP contribution is 2.19. The van der Waals surface area contributed by atoms with Crippen LogP contribution in [0.4, 0.5) is 0 Å². The highest BCUT2D eigenvalue weighted by Gasteiger charge is 1.98. The van der Waals surface area contributed by atoms with Crippen molar-refractivity contribution in [2.75, 3.05) is 0 Å². The molecule has 0 amide bonds. The van der Waals surface area contributed by atoms with Crippen LogP contribution in [0.1, 0.15) is 5.56 Å². The number of nitrogens with one attached hydrogen (secondary N) is 1. The Balaban J connectivity index is 2.93. The van der Waals surface area contributed by atoms with E-state index in [-0.39, 0.29) is 0 Å². The van der Waals surface area contributed by atoms with Crippen molar-refractivity contribution >= 4 is 23.2 Å². The van der Waals surface area contributed by atoms with E-state index in [1.807, 2.05) is 0 Å². The van der Waals surface area contributed by atoms with E-state index in [4.69, 9.17) is 29.0 Å². The Morgan fingerprint density at radius 3 is 2.73 bits per heavy atom. The predicted molar refractivity (Wildman–Crippen MR) is 47.5 cm³/mol. The van der Waals surface area contributed by atoms with Crippen molar-refractivity contribution in [2.24, 2.45) is 5.84 Å². The van der Waals surface area contributed by atoms with Crippen molar-refractivity contribution in [3.63, 3.8) is 0 Å². The van der Waals surface area contributed by atoms with E-state index >= 15 is 0 Å². The first kappa shape index (κ1) is 8.81. The van der Waals surface area contributed by atoms with Crippen molar-refractivity contribution in [3.8, 4) is 0 Å². The second-order valence-electron chi connectivity index (χ2n) is 2.12. The van der Waals surface area contributed by atoms with Gasteiger partial charge < -0.3 is 0 Å². The first-order valence-corrected chi connectivity index (χ1v) is 3.87. The average molecular weight is 191 g/mol. The van der Waals surface area contributed by atoms with Crippen LogP contribution in [0.3, 0.4) is 0 Å². The van der Waals surface area contributed by atoms with Crippen LogP contribution in [0.15, 0.2) is 18.2 Å². The monoisotopic (exact) mass is 190 g/mol. The van der Waals surface area contributed by atoms with Gasteiger partial charge in [-0.1, -0.05) is 23.2 Å². The van der Waals surface area contributed by atoms with Crippen molar-refractivity contribution < 1.29 is 0 Å². The summed E-state index contributed by atoms with van der Waals surface area (Å²) in [7, 11) is 0. The minimum atomic E-state index is 0.527. The van der Waals surface area contributed by atoms with E-state index in [9.17, 15) is 0 Å². The maximum absolute atomic E-state index is 5.82.